The Balaban J connectivity index is 2.06. The minimum atomic E-state index is -0.156. The zero-order valence-electron chi connectivity index (χ0n) is 11.1. The molecule has 1 N–H and O–H groups in total. The number of hydrogen-bond donors (Lipinski definition) is 1. The summed E-state index contributed by atoms with van der Waals surface area (Å²) in [4.78, 5) is 0. The van der Waals surface area contributed by atoms with Crippen LogP contribution < -0.4 is 5.32 Å². The summed E-state index contributed by atoms with van der Waals surface area (Å²) >= 11 is 0. The fraction of sp³-hybridized carbons (Fsp3) is 0.294. The minimum absolute atomic E-state index is 0.0166. The van der Waals surface area contributed by atoms with E-state index in [-0.39, 0.29) is 11.4 Å². The molecule has 1 unspecified atom stereocenters. The Morgan fingerprint density at radius 3 is 2.58 bits per heavy atom. The van der Waals surface area contributed by atoms with Gasteiger partial charge in [0, 0.05) is 11.1 Å². The molecule has 0 saturated carbocycles. The van der Waals surface area contributed by atoms with Gasteiger partial charge < -0.3 is 5.32 Å². The van der Waals surface area contributed by atoms with Crippen LogP contribution in [0.15, 0.2) is 48.5 Å². The largest absolute Gasteiger partial charge is 0.308 e. The van der Waals surface area contributed by atoms with E-state index >= 15 is 0 Å². The maximum atomic E-state index is 14.0. The van der Waals surface area contributed by atoms with Crippen molar-refractivity contribution in [2.45, 2.75) is 25.3 Å². The van der Waals surface area contributed by atoms with E-state index in [1.807, 2.05) is 42.5 Å². The van der Waals surface area contributed by atoms with E-state index in [4.69, 9.17) is 0 Å². The monoisotopic (exact) mass is 255 g/mol. The zero-order chi connectivity index (χ0) is 13.3. The molecule has 2 heteroatoms. The number of rotatable bonds is 2. The van der Waals surface area contributed by atoms with Crippen LogP contribution in [0.25, 0.3) is 11.1 Å². The molecule has 0 radical (unpaired) electrons. The third-order valence-corrected chi connectivity index (χ3v) is 4.06. The van der Waals surface area contributed by atoms with Gasteiger partial charge in [0.25, 0.3) is 0 Å². The van der Waals surface area contributed by atoms with Gasteiger partial charge in [-0.15, -0.1) is 0 Å². The second-order valence-electron chi connectivity index (χ2n) is 5.42. The first kappa shape index (κ1) is 12.4. The van der Waals surface area contributed by atoms with Gasteiger partial charge in [0.05, 0.1) is 0 Å². The minimum Gasteiger partial charge on any atom is -0.308 e. The first-order chi connectivity index (χ1) is 9.19. The van der Waals surface area contributed by atoms with Crippen LogP contribution in [0.2, 0.25) is 0 Å². The number of hydrogen-bond acceptors (Lipinski definition) is 1. The molecule has 0 bridgehead atoms. The highest BCUT2D eigenvalue weighted by atomic mass is 19.1. The maximum Gasteiger partial charge on any atom is 0.131 e. The summed E-state index contributed by atoms with van der Waals surface area (Å²) in [5, 5.41) is 3.52. The second-order valence-corrected chi connectivity index (χ2v) is 5.42. The van der Waals surface area contributed by atoms with Gasteiger partial charge in [0.1, 0.15) is 5.82 Å². The molecule has 1 aliphatic rings. The molecule has 98 valence electrons. The highest BCUT2D eigenvalue weighted by Crippen LogP contribution is 2.33. The zero-order valence-corrected chi connectivity index (χ0v) is 11.1. The molecule has 2 aromatic rings. The smallest absolute Gasteiger partial charge is 0.131 e. The molecule has 1 saturated heterocycles. The Kier molecular flexibility index (Phi) is 3.11. The molecule has 1 aliphatic heterocycles. The van der Waals surface area contributed by atoms with E-state index in [0.717, 1.165) is 18.5 Å². The van der Waals surface area contributed by atoms with Gasteiger partial charge >= 0.3 is 0 Å². The van der Waals surface area contributed by atoms with Crippen molar-refractivity contribution in [3.63, 3.8) is 0 Å². The Morgan fingerprint density at radius 1 is 1.11 bits per heavy atom. The molecule has 1 atom stereocenters. The van der Waals surface area contributed by atoms with Crippen LogP contribution in [0.4, 0.5) is 4.39 Å². The summed E-state index contributed by atoms with van der Waals surface area (Å²) < 4.78 is 14.0. The van der Waals surface area contributed by atoms with E-state index < -0.39 is 0 Å². The maximum absolute atomic E-state index is 14.0. The Labute approximate surface area is 113 Å². The molecule has 1 fully saturated rings. The molecule has 1 heterocycles. The van der Waals surface area contributed by atoms with E-state index in [0.29, 0.717) is 5.56 Å². The van der Waals surface area contributed by atoms with E-state index in [1.165, 1.54) is 12.0 Å². The molecule has 3 rings (SSSR count). The van der Waals surface area contributed by atoms with Crippen LogP contribution in [-0.4, -0.2) is 6.54 Å². The van der Waals surface area contributed by atoms with Crippen LogP contribution in [0.3, 0.4) is 0 Å². The lowest BCUT2D eigenvalue weighted by Crippen LogP contribution is -2.33. The van der Waals surface area contributed by atoms with E-state index in [2.05, 4.69) is 12.2 Å². The molecule has 0 aromatic heterocycles. The lowest BCUT2D eigenvalue weighted by atomic mass is 9.88. The molecule has 1 nitrogen and oxygen atoms in total. The van der Waals surface area contributed by atoms with Crippen LogP contribution in [-0.2, 0) is 5.54 Å². The highest BCUT2D eigenvalue weighted by Gasteiger charge is 2.30. The Bertz CT molecular complexity index is 571. The molecule has 0 amide bonds. The van der Waals surface area contributed by atoms with Crippen molar-refractivity contribution >= 4 is 0 Å². The topological polar surface area (TPSA) is 12.0 Å². The lowest BCUT2D eigenvalue weighted by Gasteiger charge is -2.25. The fourth-order valence-corrected chi connectivity index (χ4v) is 2.85. The van der Waals surface area contributed by atoms with Crippen LogP contribution in [0, 0.1) is 5.82 Å². The lowest BCUT2D eigenvalue weighted by molar-refractivity contribution is 0.434. The third kappa shape index (κ3) is 2.28. The van der Waals surface area contributed by atoms with Crippen molar-refractivity contribution in [1.82, 2.24) is 5.32 Å². The summed E-state index contributed by atoms with van der Waals surface area (Å²) in [7, 11) is 0. The van der Waals surface area contributed by atoms with Crippen molar-refractivity contribution in [2.75, 3.05) is 6.54 Å². The normalized spacial score (nSPS) is 22.6. The Morgan fingerprint density at radius 2 is 1.89 bits per heavy atom. The van der Waals surface area contributed by atoms with Gasteiger partial charge in [-0.3, -0.25) is 0 Å². The molecular formula is C17H18FN. The molecule has 0 spiro atoms. The molecule has 19 heavy (non-hydrogen) atoms. The summed E-state index contributed by atoms with van der Waals surface area (Å²) in [6, 6.07) is 15.2. The van der Waals surface area contributed by atoms with Crippen LogP contribution in [0.1, 0.15) is 25.3 Å². The quantitative estimate of drug-likeness (QED) is 0.852. The van der Waals surface area contributed by atoms with Gasteiger partial charge in [-0.1, -0.05) is 36.4 Å². The number of halogens is 1. The Hall–Kier alpha value is -1.67. The van der Waals surface area contributed by atoms with E-state index in [1.54, 1.807) is 6.07 Å². The first-order valence-corrected chi connectivity index (χ1v) is 6.79. The van der Waals surface area contributed by atoms with Gasteiger partial charge in [0.15, 0.2) is 0 Å². The average molecular weight is 255 g/mol. The standard InChI is InChI=1S/C17H18FN/c1-17(10-5-11-19-17)14-8-9-16(18)15(12-14)13-6-3-2-4-7-13/h2-4,6-9,12,19H,5,10-11H2,1H3. The summed E-state index contributed by atoms with van der Waals surface area (Å²) in [6.07, 6.45) is 2.28. The predicted octanol–water partition coefficient (Wildman–Crippen LogP) is 4.09. The molecule has 2 aromatic carbocycles. The van der Waals surface area contributed by atoms with Crippen LogP contribution in [0.5, 0.6) is 0 Å². The van der Waals surface area contributed by atoms with Gasteiger partial charge in [-0.05, 0) is 49.6 Å². The fourth-order valence-electron chi connectivity index (χ4n) is 2.85. The highest BCUT2D eigenvalue weighted by molar-refractivity contribution is 5.65. The van der Waals surface area contributed by atoms with Crippen molar-refractivity contribution in [3.05, 3.63) is 59.9 Å². The van der Waals surface area contributed by atoms with Crippen LogP contribution >= 0.6 is 0 Å². The van der Waals surface area contributed by atoms with Gasteiger partial charge in [-0.2, -0.15) is 0 Å². The van der Waals surface area contributed by atoms with Gasteiger partial charge in [-0.25, -0.2) is 4.39 Å². The van der Waals surface area contributed by atoms with Crippen molar-refractivity contribution in [2.24, 2.45) is 0 Å². The first-order valence-electron chi connectivity index (χ1n) is 6.79. The number of benzene rings is 2. The summed E-state index contributed by atoms with van der Waals surface area (Å²) in [6.45, 7) is 3.23. The van der Waals surface area contributed by atoms with Crippen molar-refractivity contribution < 1.29 is 4.39 Å². The van der Waals surface area contributed by atoms with Gasteiger partial charge in [0.2, 0.25) is 0 Å². The van der Waals surface area contributed by atoms with Crippen molar-refractivity contribution in [1.29, 1.82) is 0 Å². The summed E-state index contributed by atoms with van der Waals surface area (Å²) in [5.41, 5.74) is 2.78. The summed E-state index contributed by atoms with van der Waals surface area (Å²) in [5.74, 6) is -0.156. The second kappa shape index (κ2) is 4.78. The SMILES string of the molecule is CC1(c2ccc(F)c(-c3ccccc3)c2)CCCN1. The number of nitrogens with one attached hydrogen (secondary N) is 1. The van der Waals surface area contributed by atoms with E-state index in [9.17, 15) is 4.39 Å². The van der Waals surface area contributed by atoms with Crippen molar-refractivity contribution in [3.8, 4) is 11.1 Å². The average Bonchev–Trinajstić information content (AvgIpc) is 2.88. The molecular weight excluding hydrogens is 237 g/mol. The third-order valence-electron chi connectivity index (χ3n) is 4.06. The molecule has 0 aliphatic carbocycles. The predicted molar refractivity (Wildman–Crippen MR) is 76.4 cm³/mol.